The molecule has 1 heterocycles. The molecule has 0 radical (unpaired) electrons. The molecule has 0 aliphatic carbocycles. The number of nitriles is 1. The number of nitrogens with zero attached hydrogens (tertiary/aromatic N) is 2. The van der Waals surface area contributed by atoms with Gasteiger partial charge in [-0.3, -0.25) is 0 Å². The van der Waals surface area contributed by atoms with Crippen molar-refractivity contribution in [3.63, 3.8) is 0 Å². The summed E-state index contributed by atoms with van der Waals surface area (Å²) >= 11 is 0. The molecule has 1 aromatic carbocycles. The Morgan fingerprint density at radius 3 is 2.74 bits per heavy atom. The van der Waals surface area contributed by atoms with Crippen molar-refractivity contribution in [3.8, 4) is 6.07 Å². The number of hydrogen-bond acceptors (Lipinski definition) is 3. The van der Waals surface area contributed by atoms with E-state index in [0.717, 1.165) is 16.4 Å². The van der Waals surface area contributed by atoms with Crippen LogP contribution in [0, 0.1) is 28.9 Å². The average Bonchev–Trinajstić information content (AvgIpc) is 2.38. The molecule has 0 N–H and O–H groups in total. The van der Waals surface area contributed by atoms with Crippen molar-refractivity contribution in [1.29, 1.82) is 5.26 Å². The van der Waals surface area contributed by atoms with Crippen molar-refractivity contribution in [3.05, 3.63) is 29.8 Å². The maximum Gasteiger partial charge on any atom is 0.246 e. The van der Waals surface area contributed by atoms with E-state index in [0.29, 0.717) is 18.9 Å². The highest BCUT2D eigenvalue weighted by molar-refractivity contribution is 7.89. The molecule has 1 fully saturated rings. The minimum atomic E-state index is -4.01. The monoisotopic (exact) mass is 286 g/mol. The summed E-state index contributed by atoms with van der Waals surface area (Å²) in [6.07, 6.45) is 1.19. The van der Waals surface area contributed by atoms with Crippen molar-refractivity contribution in [2.24, 2.45) is 5.92 Å². The van der Waals surface area contributed by atoms with E-state index in [9.17, 15) is 17.2 Å². The van der Waals surface area contributed by atoms with Gasteiger partial charge in [-0.2, -0.15) is 9.57 Å². The molecule has 0 saturated carbocycles. The summed E-state index contributed by atoms with van der Waals surface area (Å²) in [5.74, 6) is -2.32. The summed E-state index contributed by atoms with van der Waals surface area (Å²) in [5.41, 5.74) is 0. The van der Waals surface area contributed by atoms with Gasteiger partial charge in [-0.1, -0.05) is 0 Å². The molecule has 1 unspecified atom stereocenters. The largest absolute Gasteiger partial charge is 0.246 e. The van der Waals surface area contributed by atoms with Crippen LogP contribution < -0.4 is 0 Å². The Bertz CT molecular complexity index is 625. The molecule has 102 valence electrons. The molecule has 1 aliphatic heterocycles. The molecular weight excluding hydrogens is 274 g/mol. The summed E-state index contributed by atoms with van der Waals surface area (Å²) in [6, 6.07) is 4.38. The van der Waals surface area contributed by atoms with Crippen molar-refractivity contribution < 1.29 is 17.2 Å². The van der Waals surface area contributed by atoms with Gasteiger partial charge in [0.15, 0.2) is 0 Å². The standard InChI is InChI=1S/C12H12F2N2O2S/c13-10-3-4-12(11(14)6-10)19(17,18)16-5-1-2-9(7-15)8-16/h3-4,6,9H,1-2,5,8H2. The van der Waals surface area contributed by atoms with Crippen LogP contribution >= 0.6 is 0 Å². The average molecular weight is 286 g/mol. The molecule has 1 atom stereocenters. The van der Waals surface area contributed by atoms with E-state index in [4.69, 9.17) is 5.26 Å². The van der Waals surface area contributed by atoms with Crippen LogP contribution in [-0.2, 0) is 10.0 Å². The molecule has 0 amide bonds. The number of halogens is 2. The summed E-state index contributed by atoms with van der Waals surface area (Å²) in [5, 5.41) is 8.84. The lowest BCUT2D eigenvalue weighted by molar-refractivity contribution is 0.304. The van der Waals surface area contributed by atoms with Crippen LogP contribution in [0.25, 0.3) is 0 Å². The summed E-state index contributed by atoms with van der Waals surface area (Å²) in [6.45, 7) is 0.299. The second-order valence-electron chi connectivity index (χ2n) is 4.41. The fourth-order valence-corrected chi connectivity index (χ4v) is 3.66. The lowest BCUT2D eigenvalue weighted by Crippen LogP contribution is -2.39. The van der Waals surface area contributed by atoms with Gasteiger partial charge in [-0.25, -0.2) is 17.2 Å². The maximum absolute atomic E-state index is 13.6. The van der Waals surface area contributed by atoms with E-state index in [1.54, 1.807) is 0 Å². The first-order valence-electron chi connectivity index (χ1n) is 5.80. The first kappa shape index (κ1) is 13.9. The smallest absolute Gasteiger partial charge is 0.207 e. The Morgan fingerprint density at radius 2 is 2.11 bits per heavy atom. The van der Waals surface area contributed by atoms with Gasteiger partial charge in [0.1, 0.15) is 16.5 Å². The van der Waals surface area contributed by atoms with Crippen molar-refractivity contribution in [1.82, 2.24) is 4.31 Å². The zero-order chi connectivity index (χ0) is 14.0. The van der Waals surface area contributed by atoms with Gasteiger partial charge in [0.05, 0.1) is 12.0 Å². The Morgan fingerprint density at radius 1 is 1.37 bits per heavy atom. The summed E-state index contributed by atoms with van der Waals surface area (Å²) in [4.78, 5) is -0.549. The Balaban J connectivity index is 2.34. The molecule has 0 spiro atoms. The highest BCUT2D eigenvalue weighted by Crippen LogP contribution is 2.25. The van der Waals surface area contributed by atoms with E-state index in [-0.39, 0.29) is 19.0 Å². The van der Waals surface area contributed by atoms with E-state index >= 15 is 0 Å². The predicted octanol–water partition coefficient (Wildman–Crippen LogP) is 1.89. The van der Waals surface area contributed by atoms with Gasteiger partial charge in [0, 0.05) is 19.2 Å². The van der Waals surface area contributed by atoms with Crippen LogP contribution in [0.15, 0.2) is 23.1 Å². The van der Waals surface area contributed by atoms with Crippen molar-refractivity contribution in [2.75, 3.05) is 13.1 Å². The first-order chi connectivity index (χ1) is 8.95. The highest BCUT2D eigenvalue weighted by Gasteiger charge is 2.32. The van der Waals surface area contributed by atoms with Crippen LogP contribution in [-0.4, -0.2) is 25.8 Å². The molecular formula is C12H12F2N2O2S. The third-order valence-corrected chi connectivity index (χ3v) is 4.98. The lowest BCUT2D eigenvalue weighted by atomic mass is 10.0. The van der Waals surface area contributed by atoms with Gasteiger partial charge in [-0.15, -0.1) is 0 Å². The Kier molecular flexibility index (Phi) is 3.83. The highest BCUT2D eigenvalue weighted by atomic mass is 32.2. The molecule has 0 aromatic heterocycles. The minimum Gasteiger partial charge on any atom is -0.207 e. The molecule has 1 saturated heterocycles. The number of piperidine rings is 1. The fraction of sp³-hybridized carbons (Fsp3) is 0.417. The van der Waals surface area contributed by atoms with Crippen molar-refractivity contribution in [2.45, 2.75) is 17.7 Å². The van der Waals surface area contributed by atoms with Gasteiger partial charge in [0.25, 0.3) is 0 Å². The SMILES string of the molecule is N#CC1CCCN(S(=O)(=O)c2ccc(F)cc2F)C1. The molecule has 7 heteroatoms. The normalized spacial score (nSPS) is 21.0. The molecule has 0 bridgehead atoms. The number of sulfonamides is 1. The minimum absolute atomic E-state index is 0.0512. The predicted molar refractivity (Wildman–Crippen MR) is 63.5 cm³/mol. The van der Waals surface area contributed by atoms with E-state index in [2.05, 4.69) is 0 Å². The molecule has 4 nitrogen and oxygen atoms in total. The Labute approximate surface area is 110 Å². The Hall–Kier alpha value is -1.52. The van der Waals surface area contributed by atoms with Crippen LogP contribution in [0.1, 0.15) is 12.8 Å². The quantitative estimate of drug-likeness (QED) is 0.834. The first-order valence-corrected chi connectivity index (χ1v) is 7.24. The van der Waals surface area contributed by atoms with Gasteiger partial charge in [0.2, 0.25) is 10.0 Å². The van der Waals surface area contributed by atoms with E-state index in [1.165, 1.54) is 0 Å². The lowest BCUT2D eigenvalue weighted by Gasteiger charge is -2.28. The number of rotatable bonds is 2. The maximum atomic E-state index is 13.6. The molecule has 1 aliphatic rings. The van der Waals surface area contributed by atoms with E-state index in [1.807, 2.05) is 6.07 Å². The topological polar surface area (TPSA) is 61.2 Å². The fourth-order valence-electron chi connectivity index (χ4n) is 2.09. The molecule has 19 heavy (non-hydrogen) atoms. The molecule has 2 rings (SSSR count). The van der Waals surface area contributed by atoms with Crippen LogP contribution in [0.4, 0.5) is 8.78 Å². The van der Waals surface area contributed by atoms with Crippen molar-refractivity contribution >= 4 is 10.0 Å². The second kappa shape index (κ2) is 5.23. The third kappa shape index (κ3) is 2.74. The van der Waals surface area contributed by atoms with Gasteiger partial charge < -0.3 is 0 Å². The third-order valence-electron chi connectivity index (χ3n) is 3.08. The zero-order valence-electron chi connectivity index (χ0n) is 10.0. The second-order valence-corrected chi connectivity index (χ2v) is 6.31. The zero-order valence-corrected chi connectivity index (χ0v) is 10.8. The van der Waals surface area contributed by atoms with Crippen LogP contribution in [0.3, 0.4) is 0 Å². The van der Waals surface area contributed by atoms with E-state index < -0.39 is 26.6 Å². The van der Waals surface area contributed by atoms with Crippen LogP contribution in [0.5, 0.6) is 0 Å². The van der Waals surface area contributed by atoms with Crippen LogP contribution in [0.2, 0.25) is 0 Å². The van der Waals surface area contributed by atoms with Gasteiger partial charge in [-0.05, 0) is 25.0 Å². The number of benzene rings is 1. The molecule has 1 aromatic rings. The summed E-state index contributed by atoms with van der Waals surface area (Å²) in [7, 11) is -4.01. The summed E-state index contributed by atoms with van der Waals surface area (Å²) < 4.78 is 51.9. The van der Waals surface area contributed by atoms with Gasteiger partial charge >= 0.3 is 0 Å². The number of hydrogen-bond donors (Lipinski definition) is 0.